The van der Waals surface area contributed by atoms with E-state index in [2.05, 4.69) is 6.92 Å². The van der Waals surface area contributed by atoms with Crippen molar-refractivity contribution in [1.82, 2.24) is 0 Å². The van der Waals surface area contributed by atoms with Crippen LogP contribution in [0, 0.1) is 5.92 Å². The second-order valence-corrected chi connectivity index (χ2v) is 5.89. The predicted octanol–water partition coefficient (Wildman–Crippen LogP) is 2.85. The second kappa shape index (κ2) is 8.03. The molecule has 0 spiro atoms. The monoisotopic (exact) mass is 309 g/mol. The van der Waals surface area contributed by atoms with Gasteiger partial charge in [0.15, 0.2) is 11.5 Å². The van der Waals surface area contributed by atoms with Gasteiger partial charge < -0.3 is 20.3 Å². The smallest absolute Gasteiger partial charge is 0.323 e. The standard InChI is InChI=1S/C17H27NO4/c1-5-12(11-17(2,18)16(19)20)9-10-13-7-6-8-14(21-3)15(13)22-4/h6-8,12H,5,9-11,18H2,1-4H3,(H,19,20). The number of carboxylic acid groups (broad SMARTS) is 1. The number of para-hydroxylation sites is 1. The number of ether oxygens (including phenoxy) is 2. The van der Waals surface area contributed by atoms with E-state index >= 15 is 0 Å². The normalized spacial score (nSPS) is 15.0. The number of hydrogen-bond donors (Lipinski definition) is 2. The van der Waals surface area contributed by atoms with Crippen molar-refractivity contribution < 1.29 is 19.4 Å². The minimum atomic E-state index is -1.18. The molecule has 0 bridgehead atoms. The van der Waals surface area contributed by atoms with Gasteiger partial charge in [-0.3, -0.25) is 4.79 Å². The van der Waals surface area contributed by atoms with Crippen molar-refractivity contribution in [3.8, 4) is 11.5 Å². The summed E-state index contributed by atoms with van der Waals surface area (Å²) in [5.74, 6) is 0.753. The van der Waals surface area contributed by atoms with Gasteiger partial charge >= 0.3 is 5.97 Å². The van der Waals surface area contributed by atoms with Gasteiger partial charge in [-0.15, -0.1) is 0 Å². The zero-order chi connectivity index (χ0) is 16.8. The first-order chi connectivity index (χ1) is 10.4. The first-order valence-corrected chi connectivity index (χ1v) is 7.57. The Morgan fingerprint density at radius 3 is 2.55 bits per heavy atom. The second-order valence-electron chi connectivity index (χ2n) is 5.89. The van der Waals surface area contributed by atoms with E-state index in [1.165, 1.54) is 0 Å². The molecule has 0 heterocycles. The number of rotatable bonds is 9. The molecule has 0 saturated carbocycles. The number of methoxy groups -OCH3 is 2. The number of carbonyl (C=O) groups is 1. The summed E-state index contributed by atoms with van der Waals surface area (Å²) in [6, 6.07) is 5.80. The van der Waals surface area contributed by atoms with Crippen molar-refractivity contribution in [2.75, 3.05) is 14.2 Å². The third kappa shape index (κ3) is 4.63. The summed E-state index contributed by atoms with van der Waals surface area (Å²) in [5.41, 5.74) is 5.75. The molecule has 0 aromatic heterocycles. The Hall–Kier alpha value is -1.75. The SMILES string of the molecule is CCC(CCc1cccc(OC)c1OC)CC(C)(N)C(=O)O. The minimum Gasteiger partial charge on any atom is -0.493 e. The lowest BCUT2D eigenvalue weighted by Gasteiger charge is -2.25. The van der Waals surface area contributed by atoms with Crippen molar-refractivity contribution >= 4 is 5.97 Å². The highest BCUT2D eigenvalue weighted by atomic mass is 16.5. The fraction of sp³-hybridized carbons (Fsp3) is 0.588. The summed E-state index contributed by atoms with van der Waals surface area (Å²) in [7, 11) is 3.24. The van der Waals surface area contributed by atoms with Gasteiger partial charge in [-0.1, -0.05) is 25.5 Å². The molecule has 124 valence electrons. The van der Waals surface area contributed by atoms with E-state index in [-0.39, 0.29) is 5.92 Å². The van der Waals surface area contributed by atoms with E-state index in [1.807, 2.05) is 18.2 Å². The van der Waals surface area contributed by atoms with Crippen LogP contribution in [0.25, 0.3) is 0 Å². The minimum absolute atomic E-state index is 0.252. The molecule has 0 amide bonds. The maximum absolute atomic E-state index is 11.2. The molecule has 1 aromatic carbocycles. The molecule has 0 aliphatic carbocycles. The first-order valence-electron chi connectivity index (χ1n) is 7.57. The van der Waals surface area contributed by atoms with E-state index in [4.69, 9.17) is 20.3 Å². The van der Waals surface area contributed by atoms with Gasteiger partial charge in [0, 0.05) is 0 Å². The number of carboxylic acids is 1. The molecular weight excluding hydrogens is 282 g/mol. The highest BCUT2D eigenvalue weighted by Gasteiger charge is 2.30. The van der Waals surface area contributed by atoms with Crippen LogP contribution in [0.5, 0.6) is 11.5 Å². The molecule has 5 nitrogen and oxygen atoms in total. The molecular formula is C17H27NO4. The molecule has 1 rings (SSSR count). The van der Waals surface area contributed by atoms with Gasteiger partial charge in [0.25, 0.3) is 0 Å². The van der Waals surface area contributed by atoms with Crippen LogP contribution in [0.1, 0.15) is 38.7 Å². The molecule has 3 N–H and O–H groups in total. The van der Waals surface area contributed by atoms with Gasteiger partial charge in [0.2, 0.25) is 0 Å². The highest BCUT2D eigenvalue weighted by Crippen LogP contribution is 2.33. The van der Waals surface area contributed by atoms with E-state index in [0.29, 0.717) is 12.2 Å². The average molecular weight is 309 g/mol. The summed E-state index contributed by atoms with van der Waals surface area (Å²) >= 11 is 0. The predicted molar refractivity (Wildman–Crippen MR) is 86.5 cm³/mol. The Balaban J connectivity index is 2.77. The molecule has 1 aromatic rings. The summed E-state index contributed by atoms with van der Waals surface area (Å²) < 4.78 is 10.7. The lowest BCUT2D eigenvalue weighted by atomic mass is 9.84. The van der Waals surface area contributed by atoms with Crippen LogP contribution in [-0.4, -0.2) is 30.8 Å². The Morgan fingerprint density at radius 2 is 2.05 bits per heavy atom. The maximum atomic E-state index is 11.2. The van der Waals surface area contributed by atoms with Crippen molar-refractivity contribution in [3.63, 3.8) is 0 Å². The first kappa shape index (κ1) is 18.3. The highest BCUT2D eigenvalue weighted by molar-refractivity contribution is 5.77. The molecule has 0 fully saturated rings. The molecule has 22 heavy (non-hydrogen) atoms. The third-order valence-corrected chi connectivity index (χ3v) is 4.09. The van der Waals surface area contributed by atoms with Crippen LogP contribution in [0.4, 0.5) is 0 Å². The van der Waals surface area contributed by atoms with Gasteiger partial charge in [-0.25, -0.2) is 0 Å². The van der Waals surface area contributed by atoms with Crippen molar-refractivity contribution in [2.24, 2.45) is 11.7 Å². The summed E-state index contributed by atoms with van der Waals surface area (Å²) in [5, 5.41) is 9.16. The van der Waals surface area contributed by atoms with Gasteiger partial charge in [0.05, 0.1) is 14.2 Å². The summed E-state index contributed by atoms with van der Waals surface area (Å²) in [6.07, 6.45) is 3.02. The third-order valence-electron chi connectivity index (χ3n) is 4.09. The van der Waals surface area contributed by atoms with Crippen LogP contribution in [0.2, 0.25) is 0 Å². The summed E-state index contributed by atoms with van der Waals surface area (Å²) in [4.78, 5) is 11.2. The molecule has 2 atom stereocenters. The molecule has 2 unspecified atom stereocenters. The Labute approximate surface area is 132 Å². The van der Waals surface area contributed by atoms with E-state index in [1.54, 1.807) is 21.1 Å². The van der Waals surface area contributed by atoms with E-state index in [0.717, 1.165) is 30.6 Å². The number of aliphatic carboxylic acids is 1. The van der Waals surface area contributed by atoms with Gasteiger partial charge in [0.1, 0.15) is 5.54 Å². The Kier molecular flexibility index (Phi) is 6.68. The largest absolute Gasteiger partial charge is 0.493 e. The zero-order valence-corrected chi connectivity index (χ0v) is 13.9. The molecule has 0 aliphatic rings. The molecule has 0 radical (unpaired) electrons. The van der Waals surface area contributed by atoms with E-state index in [9.17, 15) is 4.79 Å². The van der Waals surface area contributed by atoms with E-state index < -0.39 is 11.5 Å². The summed E-state index contributed by atoms with van der Waals surface area (Å²) in [6.45, 7) is 3.63. The van der Waals surface area contributed by atoms with Crippen molar-refractivity contribution in [3.05, 3.63) is 23.8 Å². The number of aryl methyl sites for hydroxylation is 1. The quantitative estimate of drug-likeness (QED) is 0.733. The zero-order valence-electron chi connectivity index (χ0n) is 13.9. The van der Waals surface area contributed by atoms with Crippen LogP contribution in [-0.2, 0) is 11.2 Å². The number of nitrogens with two attached hydrogens (primary N) is 1. The fourth-order valence-corrected chi connectivity index (χ4v) is 2.65. The Bertz CT molecular complexity index is 499. The molecule has 0 aliphatic heterocycles. The topological polar surface area (TPSA) is 81.8 Å². The van der Waals surface area contributed by atoms with Gasteiger partial charge in [-0.2, -0.15) is 0 Å². The average Bonchev–Trinajstić information content (AvgIpc) is 2.50. The lowest BCUT2D eigenvalue weighted by molar-refractivity contribution is -0.143. The molecule has 0 saturated heterocycles. The van der Waals surface area contributed by atoms with Crippen molar-refractivity contribution in [1.29, 1.82) is 0 Å². The van der Waals surface area contributed by atoms with Gasteiger partial charge in [-0.05, 0) is 43.7 Å². The lowest BCUT2D eigenvalue weighted by Crippen LogP contribution is -2.46. The number of hydrogen-bond acceptors (Lipinski definition) is 4. The van der Waals surface area contributed by atoms with Crippen LogP contribution >= 0.6 is 0 Å². The molecule has 5 heteroatoms. The number of benzene rings is 1. The Morgan fingerprint density at radius 1 is 1.36 bits per heavy atom. The van der Waals surface area contributed by atoms with Crippen LogP contribution in [0.3, 0.4) is 0 Å². The van der Waals surface area contributed by atoms with Crippen LogP contribution in [0.15, 0.2) is 18.2 Å². The fourth-order valence-electron chi connectivity index (χ4n) is 2.65. The van der Waals surface area contributed by atoms with Crippen LogP contribution < -0.4 is 15.2 Å². The van der Waals surface area contributed by atoms with Crippen molar-refractivity contribution in [2.45, 2.75) is 45.1 Å². The maximum Gasteiger partial charge on any atom is 0.323 e.